The number of pyridine rings is 2. The average Bonchev–Trinajstić information content (AvgIpc) is 3.08. The van der Waals surface area contributed by atoms with E-state index in [4.69, 9.17) is 0 Å². The van der Waals surface area contributed by atoms with E-state index in [-0.39, 0.29) is 11.9 Å². The molecule has 1 aromatic carbocycles. The van der Waals surface area contributed by atoms with E-state index in [1.54, 1.807) is 6.20 Å². The van der Waals surface area contributed by atoms with Gasteiger partial charge >= 0.3 is 0 Å². The van der Waals surface area contributed by atoms with Gasteiger partial charge in [0.05, 0.1) is 17.4 Å². The Labute approximate surface area is 165 Å². The summed E-state index contributed by atoms with van der Waals surface area (Å²) in [6.07, 6.45) is 8.89. The zero-order chi connectivity index (χ0) is 19.5. The molecule has 0 N–H and O–H groups in total. The first-order chi connectivity index (χ1) is 13.6. The standard InChI is InChI=1S/C23H24N4O/c1-17-13-19-5-3-4-6-22(19)27(17)23(28)20-14-21(16-25-15-20)26(2)12-9-18-7-10-24-11-8-18/h3-8,10-11,14-17H,9,12-13H2,1-2H3. The summed E-state index contributed by atoms with van der Waals surface area (Å²) in [5, 5.41) is 0. The van der Waals surface area contributed by atoms with E-state index >= 15 is 0 Å². The van der Waals surface area contributed by atoms with Gasteiger partial charge < -0.3 is 9.80 Å². The molecular formula is C23H24N4O. The van der Waals surface area contributed by atoms with Gasteiger partial charge in [-0.1, -0.05) is 18.2 Å². The van der Waals surface area contributed by atoms with E-state index in [0.717, 1.165) is 30.8 Å². The van der Waals surface area contributed by atoms with E-state index in [1.165, 1.54) is 11.1 Å². The van der Waals surface area contributed by atoms with Crippen LogP contribution in [0.2, 0.25) is 0 Å². The van der Waals surface area contributed by atoms with Crippen molar-refractivity contribution < 1.29 is 4.79 Å². The normalized spacial score (nSPS) is 15.4. The van der Waals surface area contributed by atoms with Gasteiger partial charge in [-0.05, 0) is 55.2 Å². The van der Waals surface area contributed by atoms with Gasteiger partial charge in [0.2, 0.25) is 0 Å². The largest absolute Gasteiger partial charge is 0.373 e. The van der Waals surface area contributed by atoms with Crippen LogP contribution in [0.5, 0.6) is 0 Å². The second kappa shape index (κ2) is 7.80. The first-order valence-corrected chi connectivity index (χ1v) is 9.60. The fraction of sp³-hybridized carbons (Fsp3) is 0.261. The fourth-order valence-electron chi connectivity index (χ4n) is 3.74. The number of carbonyl (C=O) groups excluding carboxylic acids is 1. The topological polar surface area (TPSA) is 49.3 Å². The Balaban J connectivity index is 1.51. The molecule has 142 valence electrons. The van der Waals surface area contributed by atoms with Crippen molar-refractivity contribution in [1.29, 1.82) is 0 Å². The number of likely N-dealkylation sites (N-methyl/N-ethyl adjacent to an activating group) is 1. The van der Waals surface area contributed by atoms with Crippen molar-refractivity contribution in [3.8, 4) is 0 Å². The number of nitrogens with zero attached hydrogens (tertiary/aromatic N) is 4. The monoisotopic (exact) mass is 372 g/mol. The molecule has 1 unspecified atom stereocenters. The number of para-hydroxylation sites is 1. The molecule has 0 bridgehead atoms. The molecule has 1 atom stereocenters. The van der Waals surface area contributed by atoms with Gasteiger partial charge in [0, 0.05) is 43.9 Å². The first kappa shape index (κ1) is 18.2. The van der Waals surface area contributed by atoms with Crippen molar-refractivity contribution in [2.24, 2.45) is 0 Å². The summed E-state index contributed by atoms with van der Waals surface area (Å²) in [6.45, 7) is 2.93. The number of anilines is 2. The van der Waals surface area contributed by atoms with Crippen molar-refractivity contribution in [3.05, 3.63) is 83.9 Å². The lowest BCUT2D eigenvalue weighted by Crippen LogP contribution is -2.36. The van der Waals surface area contributed by atoms with E-state index in [9.17, 15) is 4.79 Å². The molecule has 0 aliphatic carbocycles. The third kappa shape index (κ3) is 3.60. The molecule has 0 saturated carbocycles. The SMILES string of the molecule is CC1Cc2ccccc2N1C(=O)c1cncc(N(C)CCc2ccncc2)c1. The minimum atomic E-state index is 0.00864. The lowest BCUT2D eigenvalue weighted by molar-refractivity contribution is 0.0981. The van der Waals surface area contributed by atoms with Crippen molar-refractivity contribution in [2.45, 2.75) is 25.8 Å². The van der Waals surface area contributed by atoms with Crippen LogP contribution in [-0.4, -0.2) is 35.5 Å². The van der Waals surface area contributed by atoms with Crippen molar-refractivity contribution in [1.82, 2.24) is 9.97 Å². The van der Waals surface area contributed by atoms with Gasteiger partial charge in [-0.3, -0.25) is 14.8 Å². The first-order valence-electron chi connectivity index (χ1n) is 9.60. The molecule has 0 radical (unpaired) electrons. The summed E-state index contributed by atoms with van der Waals surface area (Å²) in [7, 11) is 2.03. The van der Waals surface area contributed by atoms with Crippen LogP contribution < -0.4 is 9.80 Å². The van der Waals surface area contributed by atoms with Gasteiger partial charge in [-0.15, -0.1) is 0 Å². The van der Waals surface area contributed by atoms with Crippen LogP contribution in [0.25, 0.3) is 0 Å². The van der Waals surface area contributed by atoms with Gasteiger partial charge in [0.15, 0.2) is 0 Å². The van der Waals surface area contributed by atoms with Crippen LogP contribution in [0.4, 0.5) is 11.4 Å². The number of hydrogen-bond acceptors (Lipinski definition) is 4. The Kier molecular flexibility index (Phi) is 5.06. The van der Waals surface area contributed by atoms with Crippen LogP contribution >= 0.6 is 0 Å². The van der Waals surface area contributed by atoms with Gasteiger partial charge in [-0.25, -0.2) is 0 Å². The Bertz CT molecular complexity index is 973. The molecule has 0 fully saturated rings. The summed E-state index contributed by atoms with van der Waals surface area (Å²) < 4.78 is 0. The highest BCUT2D eigenvalue weighted by atomic mass is 16.2. The van der Waals surface area contributed by atoms with E-state index in [0.29, 0.717) is 5.56 Å². The molecule has 4 rings (SSSR count). The summed E-state index contributed by atoms with van der Waals surface area (Å²) in [5.74, 6) is 0.00864. The molecule has 1 aliphatic rings. The lowest BCUT2D eigenvalue weighted by atomic mass is 10.1. The zero-order valence-electron chi connectivity index (χ0n) is 16.2. The molecule has 5 nitrogen and oxygen atoms in total. The number of aromatic nitrogens is 2. The van der Waals surface area contributed by atoms with Crippen LogP contribution in [0.15, 0.2) is 67.3 Å². The number of hydrogen-bond donors (Lipinski definition) is 0. The second-order valence-corrected chi connectivity index (χ2v) is 7.32. The van der Waals surface area contributed by atoms with Gasteiger partial charge in [0.25, 0.3) is 5.91 Å². The van der Waals surface area contributed by atoms with Crippen LogP contribution in [0.3, 0.4) is 0 Å². The highest BCUT2D eigenvalue weighted by molar-refractivity contribution is 6.08. The van der Waals surface area contributed by atoms with Crippen molar-refractivity contribution in [2.75, 3.05) is 23.4 Å². The van der Waals surface area contributed by atoms with Gasteiger partial charge in [0.1, 0.15) is 0 Å². The summed E-state index contributed by atoms with van der Waals surface area (Å²) >= 11 is 0. The maximum Gasteiger partial charge on any atom is 0.260 e. The fourth-order valence-corrected chi connectivity index (χ4v) is 3.74. The van der Waals surface area contributed by atoms with E-state index in [2.05, 4.69) is 27.9 Å². The number of benzene rings is 1. The zero-order valence-corrected chi connectivity index (χ0v) is 16.2. The average molecular weight is 372 g/mol. The van der Waals surface area contributed by atoms with E-state index in [1.807, 2.05) is 66.9 Å². The third-order valence-corrected chi connectivity index (χ3v) is 5.32. The minimum Gasteiger partial charge on any atom is -0.373 e. The molecule has 1 amide bonds. The highest BCUT2D eigenvalue weighted by Gasteiger charge is 2.31. The quantitative estimate of drug-likeness (QED) is 0.684. The molecule has 1 aliphatic heterocycles. The second-order valence-electron chi connectivity index (χ2n) is 7.32. The molecule has 5 heteroatoms. The Morgan fingerprint density at radius 3 is 2.75 bits per heavy atom. The summed E-state index contributed by atoms with van der Waals surface area (Å²) in [6, 6.07) is 14.3. The maximum atomic E-state index is 13.2. The third-order valence-electron chi connectivity index (χ3n) is 5.32. The molecular weight excluding hydrogens is 348 g/mol. The Hall–Kier alpha value is -3.21. The predicted octanol–water partition coefficient (Wildman–Crippen LogP) is 3.75. The van der Waals surface area contributed by atoms with Crippen molar-refractivity contribution in [3.63, 3.8) is 0 Å². The number of fused-ring (bicyclic) bond motifs is 1. The smallest absolute Gasteiger partial charge is 0.260 e. The molecule has 0 spiro atoms. The molecule has 28 heavy (non-hydrogen) atoms. The maximum absolute atomic E-state index is 13.2. The highest BCUT2D eigenvalue weighted by Crippen LogP contribution is 2.33. The van der Waals surface area contributed by atoms with Crippen LogP contribution in [-0.2, 0) is 12.8 Å². The summed E-state index contributed by atoms with van der Waals surface area (Å²) in [5.41, 5.74) is 5.04. The van der Waals surface area contributed by atoms with Crippen LogP contribution in [0.1, 0.15) is 28.4 Å². The lowest BCUT2D eigenvalue weighted by Gasteiger charge is -2.24. The van der Waals surface area contributed by atoms with Gasteiger partial charge in [-0.2, -0.15) is 0 Å². The Morgan fingerprint density at radius 1 is 1.14 bits per heavy atom. The molecule has 2 aromatic heterocycles. The van der Waals surface area contributed by atoms with Crippen LogP contribution in [0, 0.1) is 0 Å². The van der Waals surface area contributed by atoms with E-state index < -0.39 is 0 Å². The number of carbonyl (C=O) groups is 1. The molecule has 3 aromatic rings. The minimum absolute atomic E-state index is 0.00864. The molecule has 0 saturated heterocycles. The predicted molar refractivity (Wildman–Crippen MR) is 112 cm³/mol. The number of amides is 1. The number of rotatable bonds is 5. The Morgan fingerprint density at radius 2 is 1.93 bits per heavy atom. The summed E-state index contributed by atoms with van der Waals surface area (Å²) in [4.78, 5) is 25.7. The van der Waals surface area contributed by atoms with Crippen molar-refractivity contribution >= 4 is 17.3 Å². The molecule has 3 heterocycles.